The van der Waals surface area contributed by atoms with Gasteiger partial charge in [-0.2, -0.15) is 10.4 Å². The predicted octanol–water partition coefficient (Wildman–Crippen LogP) is 3.12. The summed E-state index contributed by atoms with van der Waals surface area (Å²) in [5.41, 5.74) is 0.515. The van der Waals surface area contributed by atoms with Crippen LogP contribution >= 0.6 is 0 Å². The van der Waals surface area contributed by atoms with Gasteiger partial charge in [0.15, 0.2) is 5.69 Å². The molecular weight excluding hydrogens is 186 g/mol. The van der Waals surface area contributed by atoms with E-state index < -0.39 is 0 Å². The summed E-state index contributed by atoms with van der Waals surface area (Å²) >= 11 is 0. The van der Waals surface area contributed by atoms with Crippen molar-refractivity contribution < 1.29 is 0 Å². The molecular formula is C12H19N3. The lowest BCUT2D eigenvalue weighted by Crippen LogP contribution is -1.98. The van der Waals surface area contributed by atoms with E-state index in [1.807, 2.05) is 16.9 Å². The van der Waals surface area contributed by atoms with Gasteiger partial charge in [0.25, 0.3) is 0 Å². The topological polar surface area (TPSA) is 41.6 Å². The minimum absolute atomic E-state index is 0.515. The van der Waals surface area contributed by atoms with Crippen LogP contribution in [0.15, 0.2) is 12.3 Å². The molecule has 3 nitrogen and oxygen atoms in total. The van der Waals surface area contributed by atoms with Crippen molar-refractivity contribution >= 4 is 0 Å². The van der Waals surface area contributed by atoms with Gasteiger partial charge < -0.3 is 0 Å². The molecule has 0 N–H and O–H groups in total. The Kier molecular flexibility index (Phi) is 5.54. The molecule has 0 atom stereocenters. The summed E-state index contributed by atoms with van der Waals surface area (Å²) in [5, 5.41) is 12.7. The van der Waals surface area contributed by atoms with E-state index in [1.165, 1.54) is 32.1 Å². The van der Waals surface area contributed by atoms with Gasteiger partial charge in [0.1, 0.15) is 6.07 Å². The van der Waals surface area contributed by atoms with E-state index in [9.17, 15) is 0 Å². The third-order valence-electron chi connectivity index (χ3n) is 2.50. The monoisotopic (exact) mass is 205 g/mol. The number of nitriles is 1. The lowest BCUT2D eigenvalue weighted by molar-refractivity contribution is 0.526. The number of aryl methyl sites for hydroxylation is 1. The molecule has 15 heavy (non-hydrogen) atoms. The van der Waals surface area contributed by atoms with Crippen molar-refractivity contribution in [1.29, 1.82) is 5.26 Å². The van der Waals surface area contributed by atoms with Crippen molar-refractivity contribution in [2.24, 2.45) is 0 Å². The molecule has 0 radical (unpaired) electrons. The van der Waals surface area contributed by atoms with Crippen molar-refractivity contribution in [3.05, 3.63) is 18.0 Å². The quantitative estimate of drug-likeness (QED) is 0.642. The fourth-order valence-corrected chi connectivity index (χ4v) is 1.60. The Balaban J connectivity index is 2.07. The van der Waals surface area contributed by atoms with Crippen LogP contribution in [-0.4, -0.2) is 9.78 Å². The lowest BCUT2D eigenvalue weighted by Gasteiger charge is -2.01. The maximum atomic E-state index is 8.59. The summed E-state index contributed by atoms with van der Waals surface area (Å²) in [6.45, 7) is 3.17. The standard InChI is InChI=1S/C12H19N3/c1-2-3-4-5-6-7-9-15-10-8-12(11-13)14-15/h8,10H,2-7,9H2,1H3. The summed E-state index contributed by atoms with van der Waals surface area (Å²) in [4.78, 5) is 0. The molecule has 82 valence electrons. The van der Waals surface area contributed by atoms with Crippen LogP contribution in [0.25, 0.3) is 0 Å². The summed E-state index contributed by atoms with van der Waals surface area (Å²) in [6.07, 6.45) is 9.62. The molecule has 1 aromatic heterocycles. The summed E-state index contributed by atoms with van der Waals surface area (Å²) in [7, 11) is 0. The van der Waals surface area contributed by atoms with Gasteiger partial charge in [-0.15, -0.1) is 0 Å². The molecule has 0 spiro atoms. The molecule has 0 fully saturated rings. The molecule has 0 saturated heterocycles. The minimum Gasteiger partial charge on any atom is -0.271 e. The van der Waals surface area contributed by atoms with Crippen LogP contribution in [0.1, 0.15) is 51.1 Å². The summed E-state index contributed by atoms with van der Waals surface area (Å²) < 4.78 is 1.86. The zero-order valence-corrected chi connectivity index (χ0v) is 9.45. The molecule has 0 aliphatic heterocycles. The SMILES string of the molecule is CCCCCCCCn1ccc(C#N)n1. The number of rotatable bonds is 7. The third-order valence-corrected chi connectivity index (χ3v) is 2.50. The third kappa shape index (κ3) is 4.64. The van der Waals surface area contributed by atoms with E-state index in [-0.39, 0.29) is 0 Å². The summed E-state index contributed by atoms with van der Waals surface area (Å²) in [6, 6.07) is 3.79. The number of nitrogens with zero attached hydrogens (tertiary/aromatic N) is 3. The second-order valence-corrected chi connectivity index (χ2v) is 3.84. The fourth-order valence-electron chi connectivity index (χ4n) is 1.60. The highest BCUT2D eigenvalue weighted by Gasteiger charge is 1.96. The smallest absolute Gasteiger partial charge is 0.162 e. The Morgan fingerprint density at radius 3 is 2.67 bits per heavy atom. The molecule has 1 aromatic rings. The molecule has 1 rings (SSSR count). The first-order valence-electron chi connectivity index (χ1n) is 5.80. The molecule has 0 aromatic carbocycles. The van der Waals surface area contributed by atoms with Gasteiger partial charge in [0.2, 0.25) is 0 Å². The average molecular weight is 205 g/mol. The van der Waals surface area contributed by atoms with Gasteiger partial charge in [0, 0.05) is 12.7 Å². The van der Waals surface area contributed by atoms with E-state index >= 15 is 0 Å². The van der Waals surface area contributed by atoms with E-state index in [0.29, 0.717) is 5.69 Å². The number of hydrogen-bond acceptors (Lipinski definition) is 2. The van der Waals surface area contributed by atoms with Crippen LogP contribution in [0.5, 0.6) is 0 Å². The minimum atomic E-state index is 0.515. The van der Waals surface area contributed by atoms with Crippen molar-refractivity contribution in [1.82, 2.24) is 9.78 Å². The largest absolute Gasteiger partial charge is 0.271 e. The number of unbranched alkanes of at least 4 members (excludes halogenated alkanes) is 5. The summed E-state index contributed by atoms with van der Waals surface area (Å²) in [5.74, 6) is 0. The second-order valence-electron chi connectivity index (χ2n) is 3.84. The van der Waals surface area contributed by atoms with Crippen LogP contribution in [-0.2, 0) is 6.54 Å². The van der Waals surface area contributed by atoms with Crippen LogP contribution < -0.4 is 0 Å². The Bertz CT molecular complexity index is 309. The molecule has 1 heterocycles. The Labute approximate surface area is 91.7 Å². The highest BCUT2D eigenvalue weighted by molar-refractivity contribution is 5.16. The van der Waals surface area contributed by atoms with Gasteiger partial charge in [-0.1, -0.05) is 39.0 Å². The Morgan fingerprint density at radius 2 is 2.00 bits per heavy atom. The fraction of sp³-hybridized carbons (Fsp3) is 0.667. The molecule has 0 bridgehead atoms. The van der Waals surface area contributed by atoms with Crippen molar-refractivity contribution in [3.63, 3.8) is 0 Å². The lowest BCUT2D eigenvalue weighted by atomic mass is 10.1. The first-order chi connectivity index (χ1) is 7.36. The van der Waals surface area contributed by atoms with Crippen molar-refractivity contribution in [2.75, 3.05) is 0 Å². The average Bonchev–Trinajstić information content (AvgIpc) is 2.71. The van der Waals surface area contributed by atoms with Gasteiger partial charge in [-0.25, -0.2) is 0 Å². The van der Waals surface area contributed by atoms with Crippen LogP contribution in [0, 0.1) is 11.3 Å². The predicted molar refractivity (Wildman–Crippen MR) is 60.3 cm³/mol. The van der Waals surface area contributed by atoms with Crippen LogP contribution in [0.4, 0.5) is 0 Å². The first kappa shape index (κ1) is 11.8. The van der Waals surface area contributed by atoms with E-state index in [1.54, 1.807) is 6.07 Å². The molecule has 3 heteroatoms. The first-order valence-corrected chi connectivity index (χ1v) is 5.80. The highest BCUT2D eigenvalue weighted by atomic mass is 15.3. The van der Waals surface area contributed by atoms with E-state index in [4.69, 9.17) is 5.26 Å². The normalized spacial score (nSPS) is 10.1. The van der Waals surface area contributed by atoms with Crippen LogP contribution in [0.2, 0.25) is 0 Å². The molecule has 0 aliphatic carbocycles. The molecule has 0 amide bonds. The Hall–Kier alpha value is -1.30. The molecule has 0 aliphatic rings. The van der Waals surface area contributed by atoms with Gasteiger partial charge in [-0.3, -0.25) is 4.68 Å². The maximum absolute atomic E-state index is 8.59. The maximum Gasteiger partial charge on any atom is 0.162 e. The zero-order valence-electron chi connectivity index (χ0n) is 9.45. The zero-order chi connectivity index (χ0) is 10.9. The molecule has 0 unspecified atom stereocenters. The van der Waals surface area contributed by atoms with E-state index in [0.717, 1.165) is 13.0 Å². The van der Waals surface area contributed by atoms with Gasteiger partial charge in [-0.05, 0) is 12.5 Å². The van der Waals surface area contributed by atoms with Crippen LogP contribution in [0.3, 0.4) is 0 Å². The highest BCUT2D eigenvalue weighted by Crippen LogP contribution is 2.06. The van der Waals surface area contributed by atoms with E-state index in [2.05, 4.69) is 12.0 Å². The molecule has 0 saturated carbocycles. The Morgan fingerprint density at radius 1 is 1.27 bits per heavy atom. The number of hydrogen-bond donors (Lipinski definition) is 0. The van der Waals surface area contributed by atoms with Gasteiger partial charge >= 0.3 is 0 Å². The number of aromatic nitrogens is 2. The van der Waals surface area contributed by atoms with Crippen molar-refractivity contribution in [2.45, 2.75) is 52.0 Å². The van der Waals surface area contributed by atoms with Gasteiger partial charge in [0.05, 0.1) is 0 Å². The van der Waals surface area contributed by atoms with Crippen molar-refractivity contribution in [3.8, 4) is 6.07 Å². The second kappa shape index (κ2) is 7.05.